The van der Waals surface area contributed by atoms with E-state index in [4.69, 9.17) is 0 Å². The van der Waals surface area contributed by atoms with Crippen LogP contribution in [0.2, 0.25) is 0 Å². The Hall–Kier alpha value is -1.49. The van der Waals surface area contributed by atoms with Crippen molar-refractivity contribution in [2.45, 2.75) is 44.3 Å². The van der Waals surface area contributed by atoms with Crippen LogP contribution in [0.3, 0.4) is 0 Å². The van der Waals surface area contributed by atoms with Gasteiger partial charge in [0.1, 0.15) is 6.33 Å². The summed E-state index contributed by atoms with van der Waals surface area (Å²) in [6, 6.07) is 0.645. The van der Waals surface area contributed by atoms with Gasteiger partial charge >= 0.3 is 0 Å². The number of hydrogen-bond acceptors (Lipinski definition) is 4. The number of rotatable bonds is 2. The highest BCUT2D eigenvalue weighted by atomic mass is 16.2. The molecule has 1 saturated carbocycles. The van der Waals surface area contributed by atoms with Gasteiger partial charge in [-0.1, -0.05) is 0 Å². The first-order chi connectivity index (χ1) is 9.33. The van der Waals surface area contributed by atoms with E-state index in [9.17, 15) is 4.79 Å². The predicted octanol–water partition coefficient (Wildman–Crippen LogP) is 0.598. The molecule has 2 aliphatic heterocycles. The minimum Gasteiger partial charge on any atom is -0.338 e. The van der Waals surface area contributed by atoms with Crippen molar-refractivity contribution < 1.29 is 4.79 Å². The van der Waals surface area contributed by atoms with Crippen molar-refractivity contribution >= 4 is 5.91 Å². The fraction of sp³-hybridized carbons (Fsp3) is 0.643. The normalized spacial score (nSPS) is 27.7. The van der Waals surface area contributed by atoms with Crippen molar-refractivity contribution in [1.82, 2.24) is 19.8 Å². The molecule has 100 valence electrons. The quantitative estimate of drug-likeness (QED) is 0.779. The van der Waals surface area contributed by atoms with Crippen molar-refractivity contribution in [3.05, 3.63) is 23.8 Å². The Kier molecular flexibility index (Phi) is 2.55. The zero-order chi connectivity index (χ0) is 12.8. The van der Waals surface area contributed by atoms with Gasteiger partial charge in [-0.3, -0.25) is 9.69 Å². The molecule has 0 bridgehead atoms. The molecule has 1 saturated heterocycles. The molecule has 0 N–H and O–H groups in total. The highest BCUT2D eigenvalue weighted by Gasteiger charge is 2.43. The van der Waals surface area contributed by atoms with Crippen molar-refractivity contribution in [2.75, 3.05) is 13.1 Å². The number of likely N-dealkylation sites (tertiary alicyclic amines) is 1. The van der Waals surface area contributed by atoms with E-state index in [0.717, 1.165) is 38.2 Å². The second kappa shape index (κ2) is 4.27. The SMILES string of the molecule is O=C1C(N2CCc3ncncc3C2)CCN1C1CC1. The van der Waals surface area contributed by atoms with Gasteiger partial charge in [-0.25, -0.2) is 9.97 Å². The molecule has 1 aromatic heterocycles. The molecule has 0 aromatic carbocycles. The lowest BCUT2D eigenvalue weighted by molar-refractivity contribution is -0.132. The third-order valence-corrected chi connectivity index (χ3v) is 4.53. The first-order valence-corrected chi connectivity index (χ1v) is 7.15. The molecule has 1 aliphatic carbocycles. The number of carbonyl (C=O) groups excluding carboxylic acids is 1. The van der Waals surface area contributed by atoms with Gasteiger partial charge in [0.15, 0.2) is 0 Å². The van der Waals surface area contributed by atoms with Gasteiger partial charge in [0.25, 0.3) is 0 Å². The molecule has 1 amide bonds. The number of carbonyl (C=O) groups is 1. The van der Waals surface area contributed by atoms with E-state index in [-0.39, 0.29) is 6.04 Å². The summed E-state index contributed by atoms with van der Waals surface area (Å²) >= 11 is 0. The lowest BCUT2D eigenvalue weighted by atomic mass is 10.0. The summed E-state index contributed by atoms with van der Waals surface area (Å²) in [6.07, 6.45) is 7.84. The molecule has 3 aliphatic rings. The lowest BCUT2D eigenvalue weighted by Gasteiger charge is -2.31. The van der Waals surface area contributed by atoms with Gasteiger partial charge in [-0.2, -0.15) is 0 Å². The third-order valence-electron chi connectivity index (χ3n) is 4.53. The Morgan fingerprint density at radius 1 is 1.21 bits per heavy atom. The van der Waals surface area contributed by atoms with E-state index in [1.165, 1.54) is 18.4 Å². The van der Waals surface area contributed by atoms with Crippen LogP contribution in [0.1, 0.15) is 30.5 Å². The van der Waals surface area contributed by atoms with Gasteiger partial charge in [-0.15, -0.1) is 0 Å². The second-order valence-corrected chi connectivity index (χ2v) is 5.78. The Morgan fingerprint density at radius 3 is 2.95 bits per heavy atom. The van der Waals surface area contributed by atoms with Crippen LogP contribution < -0.4 is 0 Å². The monoisotopic (exact) mass is 258 g/mol. The Labute approximate surface area is 112 Å². The Morgan fingerprint density at radius 2 is 2.11 bits per heavy atom. The van der Waals surface area contributed by atoms with Gasteiger partial charge in [0, 0.05) is 49.6 Å². The predicted molar refractivity (Wildman–Crippen MR) is 69.3 cm³/mol. The molecule has 0 spiro atoms. The highest BCUT2D eigenvalue weighted by molar-refractivity contribution is 5.84. The zero-order valence-corrected chi connectivity index (χ0v) is 11.0. The average molecular weight is 258 g/mol. The molecular formula is C14H18N4O. The maximum absolute atomic E-state index is 12.5. The maximum Gasteiger partial charge on any atom is 0.240 e. The highest BCUT2D eigenvalue weighted by Crippen LogP contribution is 2.33. The summed E-state index contributed by atoms with van der Waals surface area (Å²) in [7, 11) is 0. The summed E-state index contributed by atoms with van der Waals surface area (Å²) in [4.78, 5) is 25.3. The summed E-state index contributed by atoms with van der Waals surface area (Å²) in [5.41, 5.74) is 2.34. The first kappa shape index (κ1) is 11.3. The molecule has 1 atom stereocenters. The Bertz CT molecular complexity index is 514. The largest absolute Gasteiger partial charge is 0.338 e. The maximum atomic E-state index is 12.5. The summed E-state index contributed by atoms with van der Waals surface area (Å²) in [5.74, 6) is 0.350. The van der Waals surface area contributed by atoms with Gasteiger partial charge in [0.2, 0.25) is 5.91 Å². The molecule has 5 nitrogen and oxygen atoms in total. The number of fused-ring (bicyclic) bond motifs is 1. The molecule has 1 unspecified atom stereocenters. The molecule has 1 aromatic rings. The molecule has 3 heterocycles. The Balaban J connectivity index is 1.51. The number of amides is 1. The molecule has 19 heavy (non-hydrogen) atoms. The van der Waals surface area contributed by atoms with Crippen LogP contribution in [-0.2, 0) is 17.8 Å². The van der Waals surface area contributed by atoms with Gasteiger partial charge in [-0.05, 0) is 19.3 Å². The third kappa shape index (κ3) is 1.92. The summed E-state index contributed by atoms with van der Waals surface area (Å²) in [6.45, 7) is 2.72. The molecular weight excluding hydrogens is 240 g/mol. The molecule has 2 fully saturated rings. The van der Waals surface area contributed by atoms with Crippen molar-refractivity contribution in [2.24, 2.45) is 0 Å². The van der Waals surface area contributed by atoms with Crippen LogP contribution in [0.5, 0.6) is 0 Å². The van der Waals surface area contributed by atoms with Gasteiger partial charge in [0.05, 0.1) is 6.04 Å². The standard InChI is InChI=1S/C14H18N4O/c19-14-13(4-6-18(14)11-1-2-11)17-5-3-12-10(8-17)7-15-9-16-12/h7,9,11,13H,1-6,8H2. The van der Waals surface area contributed by atoms with Crippen molar-refractivity contribution in [1.29, 1.82) is 0 Å². The topological polar surface area (TPSA) is 49.3 Å². The number of hydrogen-bond donors (Lipinski definition) is 0. The molecule has 5 heteroatoms. The average Bonchev–Trinajstić information content (AvgIpc) is 3.21. The first-order valence-electron chi connectivity index (χ1n) is 7.15. The van der Waals surface area contributed by atoms with Crippen molar-refractivity contribution in [3.8, 4) is 0 Å². The van der Waals surface area contributed by atoms with Crippen LogP contribution in [0.25, 0.3) is 0 Å². The fourth-order valence-corrected chi connectivity index (χ4v) is 3.33. The second-order valence-electron chi connectivity index (χ2n) is 5.78. The van der Waals surface area contributed by atoms with Crippen LogP contribution in [0.15, 0.2) is 12.5 Å². The van der Waals surface area contributed by atoms with Crippen LogP contribution in [0, 0.1) is 0 Å². The van der Waals surface area contributed by atoms with E-state index >= 15 is 0 Å². The zero-order valence-electron chi connectivity index (χ0n) is 11.0. The minimum absolute atomic E-state index is 0.0916. The fourth-order valence-electron chi connectivity index (χ4n) is 3.33. The van der Waals surface area contributed by atoms with E-state index in [2.05, 4.69) is 19.8 Å². The minimum atomic E-state index is 0.0916. The molecule has 4 rings (SSSR count). The summed E-state index contributed by atoms with van der Waals surface area (Å²) < 4.78 is 0. The van der Waals surface area contributed by atoms with E-state index < -0.39 is 0 Å². The smallest absolute Gasteiger partial charge is 0.240 e. The lowest BCUT2D eigenvalue weighted by Crippen LogP contribution is -2.44. The molecule has 0 radical (unpaired) electrons. The number of nitrogens with zero attached hydrogens (tertiary/aromatic N) is 4. The van der Waals surface area contributed by atoms with Gasteiger partial charge < -0.3 is 4.90 Å². The van der Waals surface area contributed by atoms with E-state index in [1.807, 2.05) is 6.20 Å². The van der Waals surface area contributed by atoms with Crippen LogP contribution in [-0.4, -0.2) is 50.8 Å². The number of aromatic nitrogens is 2. The van der Waals surface area contributed by atoms with Crippen LogP contribution >= 0.6 is 0 Å². The van der Waals surface area contributed by atoms with E-state index in [1.54, 1.807) is 6.33 Å². The summed E-state index contributed by atoms with van der Waals surface area (Å²) in [5, 5.41) is 0. The van der Waals surface area contributed by atoms with Crippen LogP contribution in [0.4, 0.5) is 0 Å². The van der Waals surface area contributed by atoms with E-state index in [0.29, 0.717) is 11.9 Å². The van der Waals surface area contributed by atoms with Crippen molar-refractivity contribution in [3.63, 3.8) is 0 Å².